The van der Waals surface area contributed by atoms with E-state index < -0.39 is 11.7 Å². The van der Waals surface area contributed by atoms with Crippen molar-refractivity contribution in [3.63, 3.8) is 0 Å². The van der Waals surface area contributed by atoms with Crippen LogP contribution in [0.1, 0.15) is 47.8 Å². The first-order valence-electron chi connectivity index (χ1n) is 11.8. The second-order valence-electron chi connectivity index (χ2n) is 9.83. The van der Waals surface area contributed by atoms with Crippen molar-refractivity contribution in [3.05, 3.63) is 88.2 Å². The number of fused-ring (bicyclic) bond motifs is 2. The molecule has 0 bridgehead atoms. The smallest absolute Gasteiger partial charge is 0.419 e. The number of carbonyl (C=O) groups excluding carboxylic acids is 2. The van der Waals surface area contributed by atoms with Crippen molar-refractivity contribution in [1.82, 2.24) is 20.2 Å². The summed E-state index contributed by atoms with van der Waals surface area (Å²) >= 11 is 6.37. The van der Waals surface area contributed by atoms with Crippen LogP contribution in [0.15, 0.2) is 60.9 Å². The lowest BCUT2D eigenvalue weighted by atomic mass is 10.00. The van der Waals surface area contributed by atoms with Gasteiger partial charge in [-0.1, -0.05) is 29.8 Å². The molecule has 0 aliphatic carbocycles. The highest BCUT2D eigenvalue weighted by Gasteiger charge is 2.29. The van der Waals surface area contributed by atoms with Gasteiger partial charge in [-0.25, -0.2) is 9.36 Å². The molecule has 1 amide bonds. The molecular weight excluding hydrogens is 476 g/mol. The summed E-state index contributed by atoms with van der Waals surface area (Å²) in [6, 6.07) is 15.4. The molecule has 2 N–H and O–H groups in total. The number of aromatic nitrogens is 2. The molecule has 4 aromatic rings. The fourth-order valence-electron chi connectivity index (χ4n) is 4.46. The first kappa shape index (κ1) is 24.0. The summed E-state index contributed by atoms with van der Waals surface area (Å²) in [4.78, 5) is 30.3. The zero-order chi connectivity index (χ0) is 25.4. The summed E-state index contributed by atoms with van der Waals surface area (Å²) in [5, 5.41) is 7.67. The SMILES string of the molecule is CC(C)(C)OC(=O)n1c(-c2ccc(Cl)c3c2C(=O)NC3)cc2cc(CNCc3cccnc3)ccc21. The van der Waals surface area contributed by atoms with Crippen LogP contribution in [-0.2, 0) is 24.4 Å². The Morgan fingerprint density at radius 2 is 1.94 bits per heavy atom. The molecule has 0 saturated heterocycles. The first-order chi connectivity index (χ1) is 17.2. The lowest BCUT2D eigenvalue weighted by Gasteiger charge is -2.21. The quantitative estimate of drug-likeness (QED) is 0.367. The van der Waals surface area contributed by atoms with Gasteiger partial charge in [-0.2, -0.15) is 0 Å². The second-order valence-corrected chi connectivity index (χ2v) is 10.2. The predicted molar refractivity (Wildman–Crippen MR) is 140 cm³/mol. The Bertz CT molecular complexity index is 1470. The molecule has 1 aliphatic heterocycles. The second kappa shape index (κ2) is 9.41. The van der Waals surface area contributed by atoms with Gasteiger partial charge in [-0.15, -0.1) is 0 Å². The maximum absolute atomic E-state index is 13.4. The Labute approximate surface area is 214 Å². The van der Waals surface area contributed by atoms with E-state index in [1.54, 1.807) is 22.9 Å². The molecule has 8 heteroatoms. The van der Waals surface area contributed by atoms with Crippen LogP contribution in [-0.4, -0.2) is 27.2 Å². The third-order valence-electron chi connectivity index (χ3n) is 6.01. The lowest BCUT2D eigenvalue weighted by molar-refractivity contribution is 0.0547. The maximum atomic E-state index is 13.4. The highest BCUT2D eigenvalue weighted by Crippen LogP contribution is 2.37. The van der Waals surface area contributed by atoms with E-state index in [0.29, 0.717) is 47.0 Å². The number of nitrogens with one attached hydrogen (secondary N) is 2. The molecule has 0 unspecified atom stereocenters. The van der Waals surface area contributed by atoms with E-state index in [-0.39, 0.29) is 5.91 Å². The van der Waals surface area contributed by atoms with Crippen LogP contribution in [0.5, 0.6) is 0 Å². The molecule has 0 fully saturated rings. The van der Waals surface area contributed by atoms with E-state index in [0.717, 1.165) is 22.1 Å². The van der Waals surface area contributed by atoms with Crippen LogP contribution < -0.4 is 10.6 Å². The number of rotatable bonds is 5. The fourth-order valence-corrected chi connectivity index (χ4v) is 4.68. The molecule has 3 heterocycles. The fraction of sp³-hybridized carbons (Fsp3) is 0.250. The number of amides is 1. The number of carbonyl (C=O) groups is 2. The lowest BCUT2D eigenvalue weighted by Crippen LogP contribution is -2.27. The minimum Gasteiger partial charge on any atom is -0.443 e. The highest BCUT2D eigenvalue weighted by atomic mass is 35.5. The minimum absolute atomic E-state index is 0.205. The molecule has 1 aliphatic rings. The first-order valence-corrected chi connectivity index (χ1v) is 12.2. The van der Waals surface area contributed by atoms with Crippen molar-refractivity contribution in [2.45, 2.75) is 46.0 Å². The van der Waals surface area contributed by atoms with Crippen molar-refractivity contribution in [3.8, 4) is 11.3 Å². The number of pyridine rings is 1. The van der Waals surface area contributed by atoms with Gasteiger partial charge in [0, 0.05) is 53.6 Å². The van der Waals surface area contributed by atoms with Gasteiger partial charge >= 0.3 is 6.09 Å². The number of hydrogen-bond donors (Lipinski definition) is 2. The number of halogens is 1. The number of ether oxygens (including phenoxy) is 1. The van der Waals surface area contributed by atoms with E-state index in [2.05, 4.69) is 15.6 Å². The number of nitrogens with zero attached hydrogens (tertiary/aromatic N) is 2. The van der Waals surface area contributed by atoms with Crippen molar-refractivity contribution < 1.29 is 14.3 Å². The zero-order valence-electron chi connectivity index (χ0n) is 20.4. The Hall–Kier alpha value is -3.68. The average Bonchev–Trinajstić information content (AvgIpc) is 3.40. The summed E-state index contributed by atoms with van der Waals surface area (Å²) in [6.07, 6.45) is 3.09. The van der Waals surface area contributed by atoms with Gasteiger partial charge in [0.05, 0.1) is 16.8 Å². The monoisotopic (exact) mass is 502 g/mol. The van der Waals surface area contributed by atoms with Crippen molar-refractivity contribution >= 4 is 34.5 Å². The minimum atomic E-state index is -0.680. The molecule has 0 saturated carbocycles. The normalized spacial score (nSPS) is 13.1. The largest absolute Gasteiger partial charge is 0.443 e. The molecule has 0 radical (unpaired) electrons. The van der Waals surface area contributed by atoms with Gasteiger partial charge in [0.15, 0.2) is 0 Å². The molecule has 0 atom stereocenters. The van der Waals surface area contributed by atoms with Crippen LogP contribution in [0.3, 0.4) is 0 Å². The third kappa shape index (κ3) is 4.72. The molecule has 7 nitrogen and oxygen atoms in total. The van der Waals surface area contributed by atoms with Gasteiger partial charge < -0.3 is 15.4 Å². The maximum Gasteiger partial charge on any atom is 0.419 e. The van der Waals surface area contributed by atoms with Gasteiger partial charge in [-0.3, -0.25) is 9.78 Å². The van der Waals surface area contributed by atoms with Crippen molar-refractivity contribution in [2.75, 3.05) is 0 Å². The molecule has 2 aromatic heterocycles. The predicted octanol–water partition coefficient (Wildman–Crippen LogP) is 5.67. The van der Waals surface area contributed by atoms with Gasteiger partial charge in [-0.05, 0) is 62.2 Å². The average molecular weight is 503 g/mol. The molecular formula is C28H27ClN4O3. The molecule has 0 spiro atoms. The Morgan fingerprint density at radius 1 is 1.14 bits per heavy atom. The molecule has 184 valence electrons. The van der Waals surface area contributed by atoms with Crippen molar-refractivity contribution in [1.29, 1.82) is 0 Å². The van der Waals surface area contributed by atoms with Crippen LogP contribution in [0, 0.1) is 0 Å². The van der Waals surface area contributed by atoms with Gasteiger partial charge in [0.25, 0.3) is 5.91 Å². The van der Waals surface area contributed by atoms with E-state index in [1.165, 1.54) is 0 Å². The number of hydrogen-bond acceptors (Lipinski definition) is 5. The third-order valence-corrected chi connectivity index (χ3v) is 6.36. The van der Waals surface area contributed by atoms with Crippen molar-refractivity contribution in [2.24, 2.45) is 0 Å². The summed E-state index contributed by atoms with van der Waals surface area (Å²) in [5.41, 5.74) is 4.66. The Kier molecular flexibility index (Phi) is 6.28. The van der Waals surface area contributed by atoms with E-state index in [9.17, 15) is 9.59 Å². The zero-order valence-corrected chi connectivity index (χ0v) is 21.1. The summed E-state index contributed by atoms with van der Waals surface area (Å²) < 4.78 is 7.29. The topological polar surface area (TPSA) is 85.2 Å². The van der Waals surface area contributed by atoms with E-state index in [1.807, 2.05) is 63.4 Å². The van der Waals surface area contributed by atoms with E-state index in [4.69, 9.17) is 16.3 Å². The number of benzene rings is 2. The summed E-state index contributed by atoms with van der Waals surface area (Å²) in [7, 11) is 0. The molecule has 5 rings (SSSR count). The highest BCUT2D eigenvalue weighted by molar-refractivity contribution is 6.32. The standard InChI is InChI=1S/C28H27ClN4O3/c1-28(2,3)36-27(35)33-23-9-6-17(13-31-15-18-5-4-10-30-14-18)11-19(23)12-24(33)20-7-8-22(29)21-16-32-26(34)25(20)21/h4-12,14,31H,13,15-16H2,1-3H3,(H,32,34). The Balaban J connectivity index is 1.56. The van der Waals surface area contributed by atoms with Gasteiger partial charge in [0.2, 0.25) is 0 Å². The van der Waals surface area contributed by atoms with Crippen LogP contribution in [0.25, 0.3) is 22.2 Å². The summed E-state index contributed by atoms with van der Waals surface area (Å²) in [6.45, 7) is 7.19. The molecule has 2 aromatic carbocycles. The van der Waals surface area contributed by atoms with Crippen LogP contribution in [0.2, 0.25) is 5.02 Å². The van der Waals surface area contributed by atoms with Crippen LogP contribution >= 0.6 is 11.6 Å². The molecule has 36 heavy (non-hydrogen) atoms. The Morgan fingerprint density at radius 3 is 2.69 bits per heavy atom. The van der Waals surface area contributed by atoms with Crippen LogP contribution in [0.4, 0.5) is 4.79 Å². The summed E-state index contributed by atoms with van der Waals surface area (Å²) in [5.74, 6) is -0.205. The van der Waals surface area contributed by atoms with E-state index >= 15 is 0 Å². The van der Waals surface area contributed by atoms with Gasteiger partial charge in [0.1, 0.15) is 5.60 Å².